The fourth-order valence-corrected chi connectivity index (χ4v) is 1.42. The number of hydrogen-bond acceptors (Lipinski definition) is 4. The number of esters is 1. The van der Waals surface area contributed by atoms with Crippen LogP contribution in [0.2, 0.25) is 0 Å². The van der Waals surface area contributed by atoms with Crippen molar-refractivity contribution < 1.29 is 14.3 Å². The summed E-state index contributed by atoms with van der Waals surface area (Å²) in [5, 5.41) is 0. The van der Waals surface area contributed by atoms with Crippen LogP contribution in [0.25, 0.3) is 0 Å². The fraction of sp³-hybridized carbons (Fsp3) is 0.778. The highest BCUT2D eigenvalue weighted by atomic mass is 16.5. The van der Waals surface area contributed by atoms with Gasteiger partial charge in [-0.05, 0) is 12.8 Å². The minimum Gasteiger partial charge on any atom is -0.453 e. The molecule has 1 aliphatic rings. The first-order valence-corrected chi connectivity index (χ1v) is 4.63. The van der Waals surface area contributed by atoms with E-state index in [0.717, 1.165) is 12.8 Å². The summed E-state index contributed by atoms with van der Waals surface area (Å²) in [4.78, 5) is 22.2. The minimum absolute atomic E-state index is 0.0412. The smallest absolute Gasteiger partial charge is 0.306 e. The highest BCUT2D eigenvalue weighted by molar-refractivity contribution is 5.87. The van der Waals surface area contributed by atoms with Gasteiger partial charge in [0.2, 0.25) is 0 Å². The molecule has 4 heteroatoms. The van der Waals surface area contributed by atoms with Crippen molar-refractivity contribution in [1.29, 1.82) is 0 Å². The van der Waals surface area contributed by atoms with E-state index in [0.29, 0.717) is 6.42 Å². The zero-order valence-corrected chi connectivity index (χ0v) is 7.79. The van der Waals surface area contributed by atoms with E-state index in [-0.39, 0.29) is 24.2 Å². The molecule has 1 fully saturated rings. The largest absolute Gasteiger partial charge is 0.453 e. The molecule has 74 valence electrons. The molecule has 1 saturated carbocycles. The van der Waals surface area contributed by atoms with Gasteiger partial charge < -0.3 is 10.5 Å². The molecule has 0 aliphatic heterocycles. The monoisotopic (exact) mass is 185 g/mol. The summed E-state index contributed by atoms with van der Waals surface area (Å²) in [6.07, 6.45) is 1.64. The molecule has 0 aromatic carbocycles. The lowest BCUT2D eigenvalue weighted by molar-refractivity contribution is -0.157. The molecule has 0 amide bonds. The van der Waals surface area contributed by atoms with Gasteiger partial charge in [0.05, 0.1) is 0 Å². The van der Waals surface area contributed by atoms with Gasteiger partial charge in [0.1, 0.15) is 0 Å². The molecular formula is C9H15NO3. The van der Waals surface area contributed by atoms with Crippen molar-refractivity contribution in [3.63, 3.8) is 0 Å². The first-order valence-electron chi connectivity index (χ1n) is 4.63. The van der Waals surface area contributed by atoms with Crippen molar-refractivity contribution >= 4 is 11.8 Å². The number of carbonyl (C=O) groups excluding carboxylic acids is 2. The summed E-state index contributed by atoms with van der Waals surface area (Å²) < 4.78 is 4.95. The van der Waals surface area contributed by atoms with Gasteiger partial charge in [0, 0.05) is 18.9 Å². The molecule has 1 aliphatic carbocycles. The number of rotatable bonds is 2. The van der Waals surface area contributed by atoms with Crippen LogP contribution in [0.15, 0.2) is 0 Å². The highest BCUT2D eigenvalue weighted by Crippen LogP contribution is 2.17. The van der Waals surface area contributed by atoms with Gasteiger partial charge in [0.25, 0.3) is 0 Å². The minimum atomic E-state index is -0.693. The first kappa shape index (κ1) is 10.2. The molecule has 0 bridgehead atoms. The third-order valence-corrected chi connectivity index (χ3v) is 2.21. The Bertz CT molecular complexity index is 215. The molecule has 2 N–H and O–H groups in total. The summed E-state index contributed by atoms with van der Waals surface area (Å²) >= 11 is 0. The van der Waals surface area contributed by atoms with E-state index in [1.807, 2.05) is 0 Å². The molecule has 2 atom stereocenters. The number of carbonyl (C=O) groups is 2. The number of ether oxygens (including phenoxy) is 1. The third kappa shape index (κ3) is 2.52. The summed E-state index contributed by atoms with van der Waals surface area (Å²) in [5.41, 5.74) is 5.67. The lowest BCUT2D eigenvalue weighted by atomic mass is 9.92. The maximum absolute atomic E-state index is 11.3. The van der Waals surface area contributed by atoms with Crippen LogP contribution in [0, 0.1) is 0 Å². The van der Waals surface area contributed by atoms with Gasteiger partial charge in [0.15, 0.2) is 11.9 Å². The SMILES string of the molecule is CCC(=O)OC1C(=O)CCCC1N. The van der Waals surface area contributed by atoms with Crippen LogP contribution in [-0.2, 0) is 14.3 Å². The first-order chi connectivity index (χ1) is 6.15. The standard InChI is InChI=1S/C9H15NO3/c1-2-8(12)13-9-6(10)4-3-5-7(9)11/h6,9H,2-5,10H2,1H3. The fourth-order valence-electron chi connectivity index (χ4n) is 1.42. The number of ketones is 1. The Labute approximate surface area is 77.4 Å². The third-order valence-electron chi connectivity index (χ3n) is 2.21. The van der Waals surface area contributed by atoms with E-state index in [4.69, 9.17) is 10.5 Å². The quantitative estimate of drug-likeness (QED) is 0.632. The van der Waals surface area contributed by atoms with Crippen molar-refractivity contribution in [1.82, 2.24) is 0 Å². The van der Waals surface area contributed by atoms with Gasteiger partial charge in [-0.1, -0.05) is 6.92 Å². The maximum atomic E-state index is 11.3. The highest BCUT2D eigenvalue weighted by Gasteiger charge is 2.31. The second kappa shape index (κ2) is 4.37. The normalized spacial score (nSPS) is 28.6. The average molecular weight is 185 g/mol. The van der Waals surface area contributed by atoms with Crippen LogP contribution in [0.3, 0.4) is 0 Å². The van der Waals surface area contributed by atoms with E-state index in [2.05, 4.69) is 0 Å². The molecule has 0 radical (unpaired) electrons. The van der Waals surface area contributed by atoms with E-state index >= 15 is 0 Å². The van der Waals surface area contributed by atoms with Crippen LogP contribution in [-0.4, -0.2) is 23.9 Å². The van der Waals surface area contributed by atoms with Crippen LogP contribution >= 0.6 is 0 Å². The molecule has 0 aromatic rings. The Morgan fingerprint density at radius 2 is 2.38 bits per heavy atom. The number of nitrogens with two attached hydrogens (primary N) is 1. The predicted octanol–water partition coefficient (Wildman–Crippen LogP) is 0.389. The van der Waals surface area contributed by atoms with Crippen LogP contribution in [0.5, 0.6) is 0 Å². The van der Waals surface area contributed by atoms with Crippen molar-refractivity contribution in [2.75, 3.05) is 0 Å². The molecule has 4 nitrogen and oxygen atoms in total. The topological polar surface area (TPSA) is 69.4 Å². The Hall–Kier alpha value is -0.900. The van der Waals surface area contributed by atoms with Crippen LogP contribution in [0.1, 0.15) is 32.6 Å². The molecule has 0 heterocycles. The van der Waals surface area contributed by atoms with Gasteiger partial charge in [-0.2, -0.15) is 0 Å². The van der Waals surface area contributed by atoms with E-state index in [9.17, 15) is 9.59 Å². The Morgan fingerprint density at radius 1 is 1.69 bits per heavy atom. The molecule has 0 aromatic heterocycles. The Morgan fingerprint density at radius 3 is 2.92 bits per heavy atom. The van der Waals surface area contributed by atoms with Crippen molar-refractivity contribution in [2.45, 2.75) is 44.8 Å². The summed E-state index contributed by atoms with van der Waals surface area (Å²) in [6, 6.07) is -0.309. The summed E-state index contributed by atoms with van der Waals surface area (Å²) in [5.74, 6) is -0.392. The van der Waals surface area contributed by atoms with Crippen molar-refractivity contribution in [2.24, 2.45) is 5.73 Å². The zero-order chi connectivity index (χ0) is 9.84. The Balaban J connectivity index is 2.53. The molecule has 13 heavy (non-hydrogen) atoms. The lowest BCUT2D eigenvalue weighted by Crippen LogP contribution is -2.46. The van der Waals surface area contributed by atoms with Crippen molar-refractivity contribution in [3.05, 3.63) is 0 Å². The lowest BCUT2D eigenvalue weighted by Gasteiger charge is -2.26. The van der Waals surface area contributed by atoms with Gasteiger partial charge in [-0.25, -0.2) is 0 Å². The van der Waals surface area contributed by atoms with Gasteiger partial charge in [-0.3, -0.25) is 9.59 Å². The van der Waals surface area contributed by atoms with E-state index in [1.54, 1.807) is 6.92 Å². The van der Waals surface area contributed by atoms with Crippen LogP contribution < -0.4 is 5.73 Å². The molecule has 2 unspecified atom stereocenters. The zero-order valence-electron chi connectivity index (χ0n) is 7.79. The molecular weight excluding hydrogens is 170 g/mol. The van der Waals surface area contributed by atoms with E-state index in [1.165, 1.54) is 0 Å². The van der Waals surface area contributed by atoms with Crippen LogP contribution in [0.4, 0.5) is 0 Å². The summed E-state index contributed by atoms with van der Waals surface area (Å²) in [6.45, 7) is 1.70. The van der Waals surface area contributed by atoms with Gasteiger partial charge >= 0.3 is 5.97 Å². The number of Topliss-reactive ketones (excluding diaryl/α,β-unsaturated/α-hetero) is 1. The predicted molar refractivity (Wildman–Crippen MR) is 47.0 cm³/mol. The van der Waals surface area contributed by atoms with E-state index < -0.39 is 6.10 Å². The van der Waals surface area contributed by atoms with Crippen molar-refractivity contribution in [3.8, 4) is 0 Å². The average Bonchev–Trinajstić information content (AvgIpc) is 2.11. The maximum Gasteiger partial charge on any atom is 0.306 e. The van der Waals surface area contributed by atoms with Gasteiger partial charge in [-0.15, -0.1) is 0 Å². The Kier molecular flexibility index (Phi) is 3.42. The molecule has 0 spiro atoms. The second-order valence-electron chi connectivity index (χ2n) is 3.29. The second-order valence-corrected chi connectivity index (χ2v) is 3.29. The molecule has 1 rings (SSSR count). The number of hydrogen-bond donors (Lipinski definition) is 1. The molecule has 0 saturated heterocycles. The summed E-state index contributed by atoms with van der Waals surface area (Å²) in [7, 11) is 0.